The molecule has 1 aliphatic heterocycles. The summed E-state index contributed by atoms with van der Waals surface area (Å²) in [6, 6.07) is 0. The molecule has 0 fully saturated rings. The largest absolute Gasteiger partial charge is 0.398 e. The van der Waals surface area contributed by atoms with E-state index in [0.717, 1.165) is 12.3 Å². The molecule has 0 aromatic rings. The molecule has 0 spiro atoms. The molecule has 1 aliphatic rings. The fourth-order valence-electron chi connectivity index (χ4n) is 0.544. The molecule has 0 N–H and O–H groups in total. The molecule has 3 nitrogen and oxygen atoms in total. The molecule has 4 heteroatoms. The third-order valence-electron chi connectivity index (χ3n) is 1.09. The standard InChI is InChI=1S/C7H9NO2S/c1-5(2)6(9)10-7-8-3-4-11-7/h1,3-4H2,2H3. The second-order valence-electron chi connectivity index (χ2n) is 2.17. The van der Waals surface area contributed by atoms with E-state index in [1.165, 1.54) is 11.8 Å². The van der Waals surface area contributed by atoms with Gasteiger partial charge >= 0.3 is 5.97 Å². The molecule has 0 amide bonds. The first-order chi connectivity index (χ1) is 5.20. The van der Waals surface area contributed by atoms with Gasteiger partial charge in [0.05, 0.1) is 6.54 Å². The lowest BCUT2D eigenvalue weighted by Crippen LogP contribution is -2.08. The van der Waals surface area contributed by atoms with Gasteiger partial charge in [0.2, 0.25) is 0 Å². The topological polar surface area (TPSA) is 38.7 Å². The van der Waals surface area contributed by atoms with E-state index in [-0.39, 0.29) is 0 Å². The number of carbonyl (C=O) groups is 1. The van der Waals surface area contributed by atoms with Gasteiger partial charge < -0.3 is 4.74 Å². The molecule has 0 atom stereocenters. The summed E-state index contributed by atoms with van der Waals surface area (Å²) < 4.78 is 4.85. The molecule has 0 aliphatic carbocycles. The highest BCUT2D eigenvalue weighted by Crippen LogP contribution is 2.13. The Morgan fingerprint density at radius 3 is 3.00 bits per heavy atom. The maximum Gasteiger partial charge on any atom is 0.340 e. The third kappa shape index (κ3) is 2.38. The monoisotopic (exact) mass is 171 g/mol. The summed E-state index contributed by atoms with van der Waals surface area (Å²) in [6.45, 7) is 5.81. The molecular formula is C7H9NO2S. The number of hydrogen-bond donors (Lipinski definition) is 0. The Bertz CT molecular complexity index is 222. The number of hydrogen-bond acceptors (Lipinski definition) is 4. The average Bonchev–Trinajstić information content (AvgIpc) is 2.39. The lowest BCUT2D eigenvalue weighted by Gasteiger charge is -1.99. The highest BCUT2D eigenvalue weighted by Gasteiger charge is 2.13. The van der Waals surface area contributed by atoms with Crippen LogP contribution in [0.5, 0.6) is 0 Å². The van der Waals surface area contributed by atoms with Crippen LogP contribution in [0.2, 0.25) is 0 Å². The second kappa shape index (κ2) is 3.57. The SMILES string of the molecule is C=C(C)C(=O)OC1=NCCS1. The van der Waals surface area contributed by atoms with Crippen molar-refractivity contribution < 1.29 is 9.53 Å². The molecule has 0 aromatic heterocycles. The van der Waals surface area contributed by atoms with Crippen molar-refractivity contribution in [3.8, 4) is 0 Å². The zero-order valence-electron chi connectivity index (χ0n) is 6.29. The molecule has 0 aromatic carbocycles. The van der Waals surface area contributed by atoms with E-state index < -0.39 is 5.97 Å². The molecule has 0 unspecified atom stereocenters. The summed E-state index contributed by atoms with van der Waals surface area (Å²) in [5, 5.41) is 0.470. The zero-order chi connectivity index (χ0) is 8.27. The predicted octanol–water partition coefficient (Wildman–Crippen LogP) is 1.21. The van der Waals surface area contributed by atoms with Crippen molar-refractivity contribution in [3.05, 3.63) is 12.2 Å². The van der Waals surface area contributed by atoms with Gasteiger partial charge in [-0.3, -0.25) is 0 Å². The second-order valence-corrected chi connectivity index (χ2v) is 3.21. The summed E-state index contributed by atoms with van der Waals surface area (Å²) in [6.07, 6.45) is 0. The molecule has 60 valence electrons. The number of aliphatic imine (C=N–C) groups is 1. The molecular weight excluding hydrogens is 162 g/mol. The van der Waals surface area contributed by atoms with Gasteiger partial charge in [0.25, 0.3) is 5.23 Å². The summed E-state index contributed by atoms with van der Waals surface area (Å²) in [4.78, 5) is 14.8. The smallest absolute Gasteiger partial charge is 0.340 e. The van der Waals surface area contributed by atoms with E-state index in [0.29, 0.717) is 10.8 Å². The number of nitrogens with zero attached hydrogens (tertiary/aromatic N) is 1. The van der Waals surface area contributed by atoms with Gasteiger partial charge in [-0.25, -0.2) is 9.79 Å². The fourth-order valence-corrected chi connectivity index (χ4v) is 1.22. The van der Waals surface area contributed by atoms with E-state index in [2.05, 4.69) is 11.6 Å². The van der Waals surface area contributed by atoms with Crippen molar-refractivity contribution >= 4 is 23.0 Å². The van der Waals surface area contributed by atoms with Crippen molar-refractivity contribution in [1.29, 1.82) is 0 Å². The van der Waals surface area contributed by atoms with Gasteiger partial charge in [-0.15, -0.1) is 0 Å². The van der Waals surface area contributed by atoms with Gasteiger partial charge in [-0.05, 0) is 6.92 Å². The minimum Gasteiger partial charge on any atom is -0.398 e. The first-order valence-electron chi connectivity index (χ1n) is 3.25. The number of esters is 1. The fraction of sp³-hybridized carbons (Fsp3) is 0.429. The van der Waals surface area contributed by atoms with Gasteiger partial charge in [0.15, 0.2) is 0 Å². The summed E-state index contributed by atoms with van der Waals surface area (Å²) in [5.74, 6) is 0.511. The van der Waals surface area contributed by atoms with Crippen molar-refractivity contribution in [2.75, 3.05) is 12.3 Å². The van der Waals surface area contributed by atoms with Crippen LogP contribution in [0.4, 0.5) is 0 Å². The van der Waals surface area contributed by atoms with Gasteiger partial charge in [-0.1, -0.05) is 18.3 Å². The molecule has 0 saturated heterocycles. The highest BCUT2D eigenvalue weighted by atomic mass is 32.2. The Morgan fingerprint density at radius 2 is 2.55 bits per heavy atom. The quantitative estimate of drug-likeness (QED) is 0.439. The first-order valence-corrected chi connectivity index (χ1v) is 4.23. The van der Waals surface area contributed by atoms with Gasteiger partial charge in [0, 0.05) is 11.3 Å². The van der Waals surface area contributed by atoms with Gasteiger partial charge in [0.1, 0.15) is 0 Å². The summed E-state index contributed by atoms with van der Waals surface area (Å²) in [7, 11) is 0. The van der Waals surface area contributed by atoms with E-state index in [1.54, 1.807) is 6.92 Å². The van der Waals surface area contributed by atoms with Crippen LogP contribution in [0.3, 0.4) is 0 Å². The Kier molecular flexibility index (Phi) is 2.70. The Labute approximate surface area is 69.5 Å². The Morgan fingerprint density at radius 1 is 1.82 bits per heavy atom. The maximum atomic E-state index is 10.9. The van der Waals surface area contributed by atoms with Crippen molar-refractivity contribution in [3.63, 3.8) is 0 Å². The van der Waals surface area contributed by atoms with E-state index in [9.17, 15) is 4.79 Å². The zero-order valence-corrected chi connectivity index (χ0v) is 7.11. The van der Waals surface area contributed by atoms with Gasteiger partial charge in [-0.2, -0.15) is 0 Å². The molecule has 1 heterocycles. The molecule has 1 rings (SSSR count). The normalized spacial score (nSPS) is 15.9. The lowest BCUT2D eigenvalue weighted by atomic mass is 10.4. The molecule has 0 bridgehead atoms. The van der Waals surface area contributed by atoms with Crippen LogP contribution in [0.25, 0.3) is 0 Å². The molecule has 0 radical (unpaired) electrons. The number of thioether (sulfide) groups is 1. The van der Waals surface area contributed by atoms with Crippen molar-refractivity contribution in [1.82, 2.24) is 0 Å². The minimum atomic E-state index is -0.391. The number of carbonyl (C=O) groups excluding carboxylic acids is 1. The minimum absolute atomic E-state index is 0.391. The molecule has 0 saturated carbocycles. The third-order valence-corrected chi connectivity index (χ3v) is 1.93. The van der Waals surface area contributed by atoms with Crippen LogP contribution in [0.15, 0.2) is 17.1 Å². The van der Waals surface area contributed by atoms with Crippen LogP contribution in [-0.4, -0.2) is 23.5 Å². The van der Waals surface area contributed by atoms with Crippen LogP contribution in [0.1, 0.15) is 6.92 Å². The average molecular weight is 171 g/mol. The first kappa shape index (κ1) is 8.33. The summed E-state index contributed by atoms with van der Waals surface area (Å²) in [5.41, 5.74) is 0.403. The summed E-state index contributed by atoms with van der Waals surface area (Å²) >= 11 is 1.45. The lowest BCUT2D eigenvalue weighted by molar-refractivity contribution is -0.130. The van der Waals surface area contributed by atoms with E-state index in [4.69, 9.17) is 4.74 Å². The van der Waals surface area contributed by atoms with Crippen molar-refractivity contribution in [2.45, 2.75) is 6.92 Å². The highest BCUT2D eigenvalue weighted by molar-refractivity contribution is 8.13. The molecule has 11 heavy (non-hydrogen) atoms. The number of rotatable bonds is 1. The van der Waals surface area contributed by atoms with Crippen LogP contribution in [-0.2, 0) is 9.53 Å². The van der Waals surface area contributed by atoms with Crippen LogP contribution >= 0.6 is 11.8 Å². The van der Waals surface area contributed by atoms with Crippen LogP contribution in [0, 0.1) is 0 Å². The Hall–Kier alpha value is -0.770. The predicted molar refractivity (Wildman–Crippen MR) is 45.7 cm³/mol. The van der Waals surface area contributed by atoms with E-state index in [1.807, 2.05) is 0 Å². The van der Waals surface area contributed by atoms with Crippen LogP contribution < -0.4 is 0 Å². The number of ether oxygens (including phenoxy) is 1. The van der Waals surface area contributed by atoms with E-state index >= 15 is 0 Å². The maximum absolute atomic E-state index is 10.9. The Balaban J connectivity index is 2.42. The van der Waals surface area contributed by atoms with Crippen molar-refractivity contribution in [2.24, 2.45) is 4.99 Å².